The first-order valence-corrected chi connectivity index (χ1v) is 12.3. The Bertz CT molecular complexity index is 1160. The summed E-state index contributed by atoms with van der Waals surface area (Å²) in [7, 11) is 0. The molecule has 37 heavy (non-hydrogen) atoms. The summed E-state index contributed by atoms with van der Waals surface area (Å²) in [5.74, 6) is -3.19. The number of carboxylic acids is 1. The number of hydrogen-bond acceptors (Lipinski definition) is 4. The van der Waals surface area contributed by atoms with E-state index in [1.54, 1.807) is 0 Å². The Morgan fingerprint density at radius 3 is 2.27 bits per heavy atom. The van der Waals surface area contributed by atoms with E-state index in [4.69, 9.17) is 4.74 Å². The quantitative estimate of drug-likeness (QED) is 0.396. The molecule has 2 aliphatic rings. The number of nitrogens with one attached hydrogen (secondary N) is 1. The Morgan fingerprint density at radius 2 is 1.73 bits per heavy atom. The van der Waals surface area contributed by atoms with Crippen molar-refractivity contribution in [2.45, 2.75) is 83.4 Å². The number of aliphatic carboxylic acids is 1. The Morgan fingerprint density at radius 1 is 1.08 bits per heavy atom. The third-order valence-electron chi connectivity index (χ3n) is 8.03. The van der Waals surface area contributed by atoms with Crippen molar-refractivity contribution >= 4 is 16.9 Å². The number of alkyl halides is 6. The van der Waals surface area contributed by atoms with Crippen LogP contribution in [0.4, 0.5) is 26.3 Å². The third-order valence-corrected chi connectivity index (χ3v) is 8.03. The summed E-state index contributed by atoms with van der Waals surface area (Å²) < 4.78 is 86.7. The minimum atomic E-state index is -4.76. The van der Waals surface area contributed by atoms with Gasteiger partial charge in [-0.3, -0.25) is 9.78 Å². The molecule has 0 bridgehead atoms. The molecular formula is C26H30F6N2O3. The highest BCUT2D eigenvalue weighted by Gasteiger charge is 2.52. The number of fused-ring (bicyclic) bond motifs is 1. The molecule has 2 saturated carbocycles. The average molecular weight is 533 g/mol. The normalized spacial score (nSPS) is 26.9. The molecule has 4 rings (SSSR count). The van der Waals surface area contributed by atoms with Gasteiger partial charge in [-0.15, -0.1) is 0 Å². The molecule has 5 nitrogen and oxygen atoms in total. The SMILES string of the molecule is CC(NC1CC(C(=O)O)C1(C)C)c1ccc2c(C(F)(F)F)c(OC3CCC(C(F)(F)F)CC3)ccc2n1. The standard InChI is InChI=1S/C26H30F6N2O3/c1-13(33-21-12-17(23(35)36)24(21,2)3)18-9-8-16-19(34-18)10-11-20(22(16)26(30,31)32)37-15-6-4-14(5-7-15)25(27,28)29/h8-11,13-15,17,21,33H,4-7,12H2,1-3H3,(H,35,36). The summed E-state index contributed by atoms with van der Waals surface area (Å²) in [6.45, 7) is 5.54. The summed E-state index contributed by atoms with van der Waals surface area (Å²) >= 11 is 0. The number of ether oxygens (including phenoxy) is 1. The highest BCUT2D eigenvalue weighted by atomic mass is 19.4. The number of hydrogen-bond donors (Lipinski definition) is 2. The summed E-state index contributed by atoms with van der Waals surface area (Å²) in [4.78, 5) is 15.8. The number of halogens is 6. The molecule has 0 radical (unpaired) electrons. The fourth-order valence-electron chi connectivity index (χ4n) is 5.53. The van der Waals surface area contributed by atoms with Gasteiger partial charge in [-0.2, -0.15) is 26.3 Å². The second kappa shape index (κ2) is 9.63. The van der Waals surface area contributed by atoms with Crippen LogP contribution in [0.1, 0.15) is 70.2 Å². The van der Waals surface area contributed by atoms with E-state index in [2.05, 4.69) is 10.3 Å². The number of aromatic nitrogens is 1. The largest absolute Gasteiger partial charge is 0.490 e. The second-order valence-corrected chi connectivity index (χ2v) is 10.8. The predicted octanol–water partition coefficient (Wildman–Crippen LogP) is 6.90. The smallest absolute Gasteiger partial charge is 0.420 e. The molecule has 3 unspecified atom stereocenters. The minimum absolute atomic E-state index is 0.0279. The molecule has 11 heteroatoms. The van der Waals surface area contributed by atoms with Gasteiger partial charge in [-0.25, -0.2) is 0 Å². The van der Waals surface area contributed by atoms with E-state index in [1.165, 1.54) is 24.3 Å². The van der Waals surface area contributed by atoms with Crippen molar-refractivity contribution in [3.05, 3.63) is 35.5 Å². The van der Waals surface area contributed by atoms with Gasteiger partial charge in [0.2, 0.25) is 0 Å². The molecule has 2 aliphatic carbocycles. The molecular weight excluding hydrogens is 502 g/mol. The average Bonchev–Trinajstić information content (AvgIpc) is 2.79. The molecule has 0 spiro atoms. The van der Waals surface area contributed by atoms with Gasteiger partial charge in [0.05, 0.1) is 29.2 Å². The molecule has 1 aromatic heterocycles. The van der Waals surface area contributed by atoms with E-state index >= 15 is 0 Å². The predicted molar refractivity (Wildman–Crippen MR) is 124 cm³/mol. The van der Waals surface area contributed by atoms with Crippen molar-refractivity contribution < 1.29 is 41.0 Å². The Balaban J connectivity index is 1.54. The summed E-state index contributed by atoms with van der Waals surface area (Å²) in [5, 5.41) is 12.5. The van der Waals surface area contributed by atoms with Crippen LogP contribution < -0.4 is 10.1 Å². The van der Waals surface area contributed by atoms with Crippen molar-refractivity contribution in [3.63, 3.8) is 0 Å². The van der Waals surface area contributed by atoms with Crippen molar-refractivity contribution in [2.24, 2.45) is 17.3 Å². The lowest BCUT2D eigenvalue weighted by Crippen LogP contribution is -2.59. The zero-order valence-electron chi connectivity index (χ0n) is 20.7. The molecule has 1 aromatic carbocycles. The first-order chi connectivity index (χ1) is 17.1. The summed E-state index contributed by atoms with van der Waals surface area (Å²) in [6, 6.07) is 5.01. The van der Waals surface area contributed by atoms with E-state index in [9.17, 15) is 36.2 Å². The van der Waals surface area contributed by atoms with Gasteiger partial charge in [-0.05, 0) is 62.6 Å². The molecule has 0 saturated heterocycles. The lowest BCUT2D eigenvalue weighted by atomic mass is 9.58. The fourth-order valence-corrected chi connectivity index (χ4v) is 5.53. The third kappa shape index (κ3) is 5.51. The second-order valence-electron chi connectivity index (χ2n) is 10.8. The van der Waals surface area contributed by atoms with Gasteiger partial charge in [0.1, 0.15) is 11.3 Å². The summed E-state index contributed by atoms with van der Waals surface area (Å²) in [6.07, 6.45) is -9.65. The molecule has 2 fully saturated rings. The van der Waals surface area contributed by atoms with Crippen LogP contribution >= 0.6 is 0 Å². The first kappa shape index (κ1) is 27.5. The maximum absolute atomic E-state index is 14.1. The van der Waals surface area contributed by atoms with Gasteiger partial charge in [-0.1, -0.05) is 19.9 Å². The lowest BCUT2D eigenvalue weighted by molar-refractivity contribution is -0.185. The van der Waals surface area contributed by atoms with Gasteiger partial charge in [0.15, 0.2) is 0 Å². The number of rotatable bonds is 6. The molecule has 204 valence electrons. The minimum Gasteiger partial charge on any atom is -0.490 e. The molecule has 2 N–H and O–H groups in total. The van der Waals surface area contributed by atoms with E-state index in [-0.39, 0.29) is 48.7 Å². The van der Waals surface area contributed by atoms with Crippen LogP contribution in [-0.2, 0) is 11.0 Å². The lowest BCUT2D eigenvalue weighted by Gasteiger charge is -2.51. The van der Waals surface area contributed by atoms with E-state index < -0.39 is 53.0 Å². The van der Waals surface area contributed by atoms with Crippen LogP contribution in [0.5, 0.6) is 5.75 Å². The fraction of sp³-hybridized carbons (Fsp3) is 0.615. The van der Waals surface area contributed by atoms with Crippen LogP contribution in [0, 0.1) is 17.3 Å². The molecule has 1 heterocycles. The highest BCUT2D eigenvalue weighted by Crippen LogP contribution is 2.47. The Hall–Kier alpha value is -2.56. The van der Waals surface area contributed by atoms with E-state index in [0.717, 1.165) is 0 Å². The number of nitrogens with zero attached hydrogens (tertiary/aromatic N) is 1. The van der Waals surface area contributed by atoms with Crippen molar-refractivity contribution in [3.8, 4) is 5.75 Å². The highest BCUT2D eigenvalue weighted by molar-refractivity contribution is 5.85. The van der Waals surface area contributed by atoms with Gasteiger partial charge < -0.3 is 15.2 Å². The number of benzene rings is 1. The molecule has 3 atom stereocenters. The maximum Gasteiger partial charge on any atom is 0.420 e. The number of carboxylic acid groups (broad SMARTS) is 1. The van der Waals surface area contributed by atoms with E-state index in [0.29, 0.717) is 12.1 Å². The van der Waals surface area contributed by atoms with Gasteiger partial charge in [0.25, 0.3) is 0 Å². The zero-order chi connectivity index (χ0) is 27.3. The van der Waals surface area contributed by atoms with Gasteiger partial charge in [0, 0.05) is 17.5 Å². The van der Waals surface area contributed by atoms with Crippen LogP contribution in [0.3, 0.4) is 0 Å². The molecule has 0 aliphatic heterocycles. The number of carbonyl (C=O) groups is 1. The molecule has 0 amide bonds. The van der Waals surface area contributed by atoms with Crippen LogP contribution in [0.25, 0.3) is 10.9 Å². The summed E-state index contributed by atoms with van der Waals surface area (Å²) in [5.41, 5.74) is -0.851. The monoisotopic (exact) mass is 532 g/mol. The van der Waals surface area contributed by atoms with Crippen molar-refractivity contribution in [1.82, 2.24) is 10.3 Å². The Kier molecular flexibility index (Phi) is 7.15. The van der Waals surface area contributed by atoms with Crippen LogP contribution in [0.15, 0.2) is 24.3 Å². The first-order valence-electron chi connectivity index (χ1n) is 12.3. The van der Waals surface area contributed by atoms with Crippen LogP contribution in [-0.4, -0.2) is 34.4 Å². The van der Waals surface area contributed by atoms with Crippen LogP contribution in [0.2, 0.25) is 0 Å². The topological polar surface area (TPSA) is 71.5 Å². The van der Waals surface area contributed by atoms with E-state index in [1.807, 2.05) is 20.8 Å². The van der Waals surface area contributed by atoms with Gasteiger partial charge >= 0.3 is 18.3 Å². The van der Waals surface area contributed by atoms with Crippen molar-refractivity contribution in [1.29, 1.82) is 0 Å². The zero-order valence-corrected chi connectivity index (χ0v) is 20.7. The number of pyridine rings is 1. The Labute approximate surface area is 210 Å². The maximum atomic E-state index is 14.1. The molecule has 2 aromatic rings. The van der Waals surface area contributed by atoms with Crippen molar-refractivity contribution in [2.75, 3.05) is 0 Å².